The van der Waals surface area contributed by atoms with Crippen molar-refractivity contribution in [2.75, 3.05) is 0 Å². The van der Waals surface area contributed by atoms with Gasteiger partial charge in [0.05, 0.1) is 5.56 Å². The van der Waals surface area contributed by atoms with Gasteiger partial charge < -0.3 is 4.74 Å². The quantitative estimate of drug-likeness (QED) is 0.799. The van der Waals surface area contributed by atoms with Crippen LogP contribution in [0.2, 0.25) is 0 Å². The number of nitrogens with zero attached hydrogens (tertiary/aromatic N) is 1. The Morgan fingerprint density at radius 3 is 2.72 bits per heavy atom. The molecule has 7 heteroatoms. The molecule has 0 aliphatic rings. The third kappa shape index (κ3) is 2.86. The zero-order valence-corrected chi connectivity index (χ0v) is 9.59. The lowest BCUT2D eigenvalue weighted by molar-refractivity contribution is -0.137. The fraction of sp³-hybridized carbons (Fsp3) is 0.0909. The molecule has 3 nitrogen and oxygen atoms in total. The van der Waals surface area contributed by atoms with Crippen LogP contribution in [0.4, 0.5) is 13.2 Å². The summed E-state index contributed by atoms with van der Waals surface area (Å²) in [5.41, 5.74) is -0.617. The van der Waals surface area contributed by atoms with Crippen molar-refractivity contribution in [1.29, 1.82) is 0 Å². The lowest BCUT2D eigenvalue weighted by Gasteiger charge is -2.08. The average Bonchev–Trinajstić information content (AvgIpc) is 2.76. The van der Waals surface area contributed by atoms with Gasteiger partial charge in [-0.1, -0.05) is 17.4 Å². The van der Waals surface area contributed by atoms with Crippen LogP contribution in [0.15, 0.2) is 29.6 Å². The van der Waals surface area contributed by atoms with Gasteiger partial charge in [-0.05, 0) is 18.2 Å². The van der Waals surface area contributed by atoms with Gasteiger partial charge in [0.15, 0.2) is 6.29 Å². The van der Waals surface area contributed by atoms with E-state index >= 15 is 0 Å². The number of ether oxygens (including phenoxy) is 1. The Bertz CT molecular complexity index is 565. The molecule has 0 spiro atoms. The van der Waals surface area contributed by atoms with Crippen LogP contribution in [-0.2, 0) is 6.18 Å². The third-order valence-electron chi connectivity index (χ3n) is 1.99. The first-order valence-electron chi connectivity index (χ1n) is 4.75. The van der Waals surface area contributed by atoms with Crippen molar-refractivity contribution >= 4 is 17.6 Å². The van der Waals surface area contributed by atoms with Gasteiger partial charge in [0.1, 0.15) is 11.4 Å². The van der Waals surface area contributed by atoms with E-state index in [-0.39, 0.29) is 16.6 Å². The zero-order valence-electron chi connectivity index (χ0n) is 8.77. The summed E-state index contributed by atoms with van der Waals surface area (Å²) in [7, 11) is 0. The third-order valence-corrected chi connectivity index (χ3v) is 2.72. The predicted octanol–water partition coefficient (Wildman–Crippen LogP) is 3.77. The van der Waals surface area contributed by atoms with Gasteiger partial charge in [-0.15, -0.1) is 0 Å². The number of aldehydes is 1. The highest BCUT2D eigenvalue weighted by molar-refractivity contribution is 7.11. The van der Waals surface area contributed by atoms with Crippen LogP contribution in [0.1, 0.15) is 16.1 Å². The minimum atomic E-state index is -4.42. The summed E-state index contributed by atoms with van der Waals surface area (Å²) in [6, 6.07) is 4.46. The molecule has 0 saturated heterocycles. The van der Waals surface area contributed by atoms with Gasteiger partial charge >= 0.3 is 6.18 Å². The van der Waals surface area contributed by atoms with E-state index in [0.717, 1.165) is 23.5 Å². The zero-order chi connectivity index (χ0) is 13.2. The Morgan fingerprint density at radius 1 is 1.33 bits per heavy atom. The number of hydrogen-bond acceptors (Lipinski definition) is 4. The normalized spacial score (nSPS) is 11.3. The largest absolute Gasteiger partial charge is 0.431 e. The number of carbonyl (C=O) groups is 1. The van der Waals surface area contributed by atoms with Crippen LogP contribution in [0.25, 0.3) is 0 Å². The fourth-order valence-electron chi connectivity index (χ4n) is 1.21. The van der Waals surface area contributed by atoms with Crippen LogP contribution in [0, 0.1) is 0 Å². The summed E-state index contributed by atoms with van der Waals surface area (Å²) in [4.78, 5) is 14.2. The number of aromatic nitrogens is 1. The maximum absolute atomic E-state index is 12.5. The van der Waals surface area contributed by atoms with E-state index in [1.54, 1.807) is 0 Å². The van der Waals surface area contributed by atoms with Gasteiger partial charge in [0.25, 0.3) is 5.19 Å². The highest BCUT2D eigenvalue weighted by Crippen LogP contribution is 2.33. The van der Waals surface area contributed by atoms with Gasteiger partial charge in [-0.3, -0.25) is 4.79 Å². The van der Waals surface area contributed by atoms with Crippen molar-refractivity contribution in [3.63, 3.8) is 0 Å². The standard InChI is InChI=1S/C11H6F3NO2S/c12-11(13,14)7-2-1-3-9(4-7)17-10-15-8(5-16)6-18-10/h1-6H. The number of carbonyl (C=O) groups excluding carboxylic acids is 1. The number of thiazole rings is 1. The van der Waals surface area contributed by atoms with Crippen LogP contribution < -0.4 is 4.74 Å². The first kappa shape index (κ1) is 12.6. The highest BCUT2D eigenvalue weighted by atomic mass is 32.1. The number of hydrogen-bond donors (Lipinski definition) is 0. The molecule has 0 bridgehead atoms. The number of alkyl halides is 3. The van der Waals surface area contributed by atoms with Crippen molar-refractivity contribution in [2.24, 2.45) is 0 Å². The molecule has 0 amide bonds. The average molecular weight is 273 g/mol. The molecule has 0 aliphatic carbocycles. The Kier molecular flexibility index (Phi) is 3.33. The van der Waals surface area contributed by atoms with Crippen LogP contribution in [-0.4, -0.2) is 11.3 Å². The van der Waals surface area contributed by atoms with Crippen molar-refractivity contribution in [3.8, 4) is 10.9 Å². The molecule has 0 radical (unpaired) electrons. The van der Waals surface area contributed by atoms with Crippen molar-refractivity contribution in [2.45, 2.75) is 6.18 Å². The van der Waals surface area contributed by atoms with E-state index in [2.05, 4.69) is 4.98 Å². The maximum atomic E-state index is 12.5. The Balaban J connectivity index is 2.21. The highest BCUT2D eigenvalue weighted by Gasteiger charge is 2.30. The number of halogens is 3. The number of rotatable bonds is 3. The molecule has 0 saturated carbocycles. The molecule has 0 aliphatic heterocycles. The number of benzene rings is 1. The molecule has 1 aromatic heterocycles. The first-order valence-corrected chi connectivity index (χ1v) is 5.63. The monoisotopic (exact) mass is 273 g/mol. The summed E-state index contributed by atoms with van der Waals surface area (Å²) in [5, 5.41) is 1.58. The molecule has 1 aromatic carbocycles. The predicted molar refractivity (Wildman–Crippen MR) is 59.0 cm³/mol. The van der Waals surface area contributed by atoms with E-state index in [1.807, 2.05) is 0 Å². The molecule has 0 N–H and O–H groups in total. The second-order valence-electron chi connectivity index (χ2n) is 3.28. The van der Waals surface area contributed by atoms with Gasteiger partial charge in [-0.2, -0.15) is 18.2 Å². The second-order valence-corrected chi connectivity index (χ2v) is 4.10. The molecular weight excluding hydrogens is 267 g/mol. The molecule has 1 heterocycles. The van der Waals surface area contributed by atoms with E-state index < -0.39 is 11.7 Å². The Labute approximate surface area is 104 Å². The van der Waals surface area contributed by atoms with Gasteiger partial charge in [-0.25, -0.2) is 0 Å². The smallest absolute Gasteiger partial charge is 0.416 e. The minimum absolute atomic E-state index is 0.0247. The lowest BCUT2D eigenvalue weighted by atomic mass is 10.2. The van der Waals surface area contributed by atoms with E-state index in [9.17, 15) is 18.0 Å². The van der Waals surface area contributed by atoms with Crippen molar-refractivity contribution < 1.29 is 22.7 Å². The van der Waals surface area contributed by atoms with E-state index in [1.165, 1.54) is 17.5 Å². The topological polar surface area (TPSA) is 39.2 Å². The first-order chi connectivity index (χ1) is 8.49. The van der Waals surface area contributed by atoms with E-state index in [0.29, 0.717) is 6.29 Å². The van der Waals surface area contributed by atoms with Crippen LogP contribution >= 0.6 is 11.3 Å². The Hall–Kier alpha value is -1.89. The summed E-state index contributed by atoms with van der Waals surface area (Å²) >= 11 is 1.04. The summed E-state index contributed by atoms with van der Waals surface area (Å²) in [6.45, 7) is 0. The van der Waals surface area contributed by atoms with Crippen LogP contribution in [0.3, 0.4) is 0 Å². The molecular formula is C11H6F3NO2S. The molecule has 0 fully saturated rings. The molecule has 0 atom stereocenters. The van der Waals surface area contributed by atoms with Crippen molar-refractivity contribution in [3.05, 3.63) is 40.9 Å². The minimum Gasteiger partial charge on any atom is -0.431 e. The molecule has 2 rings (SSSR count). The SMILES string of the molecule is O=Cc1csc(Oc2cccc(C(F)(F)F)c2)n1. The summed E-state index contributed by atoms with van der Waals surface area (Å²) < 4.78 is 42.5. The van der Waals surface area contributed by atoms with E-state index in [4.69, 9.17) is 4.74 Å². The summed E-state index contributed by atoms with van der Waals surface area (Å²) in [5.74, 6) is 0.0247. The fourth-order valence-corrected chi connectivity index (χ4v) is 1.84. The maximum Gasteiger partial charge on any atom is 0.416 e. The molecule has 2 aromatic rings. The second kappa shape index (κ2) is 4.77. The summed E-state index contributed by atoms with van der Waals surface area (Å²) in [6.07, 6.45) is -3.88. The van der Waals surface area contributed by atoms with Gasteiger partial charge in [0.2, 0.25) is 0 Å². The molecule has 18 heavy (non-hydrogen) atoms. The van der Waals surface area contributed by atoms with Gasteiger partial charge in [0, 0.05) is 5.38 Å². The lowest BCUT2D eigenvalue weighted by Crippen LogP contribution is -2.04. The molecule has 94 valence electrons. The Morgan fingerprint density at radius 2 is 2.11 bits per heavy atom. The molecule has 0 unspecified atom stereocenters. The van der Waals surface area contributed by atoms with Crippen LogP contribution in [0.5, 0.6) is 10.9 Å². The van der Waals surface area contributed by atoms with Crippen molar-refractivity contribution in [1.82, 2.24) is 4.98 Å².